The van der Waals surface area contributed by atoms with E-state index in [-0.39, 0.29) is 5.92 Å². The van der Waals surface area contributed by atoms with Crippen LogP contribution in [-0.4, -0.2) is 37.3 Å². The normalized spacial score (nSPS) is 35.9. The van der Waals surface area contributed by atoms with Crippen LogP contribution in [0.5, 0.6) is 0 Å². The number of rotatable bonds is 2. The van der Waals surface area contributed by atoms with Crippen LogP contribution in [0.3, 0.4) is 0 Å². The van der Waals surface area contributed by atoms with E-state index >= 15 is 0 Å². The summed E-state index contributed by atoms with van der Waals surface area (Å²) in [5.74, 6) is 0.871. The number of hydrogen-bond donors (Lipinski definition) is 0. The van der Waals surface area contributed by atoms with Crippen molar-refractivity contribution in [3.8, 4) is 6.07 Å². The summed E-state index contributed by atoms with van der Waals surface area (Å²) < 4.78 is 0. The van der Waals surface area contributed by atoms with E-state index in [1.54, 1.807) is 0 Å². The van der Waals surface area contributed by atoms with Crippen molar-refractivity contribution in [2.24, 2.45) is 16.8 Å². The molecule has 1 unspecified atom stereocenters. The SMILES string of the molecule is CN=CC1CCCC[C@@H]1N1CCC[C@@H](C#N)C1. The summed E-state index contributed by atoms with van der Waals surface area (Å²) in [5.41, 5.74) is 0. The molecule has 0 amide bonds. The number of aliphatic imine (C=N–C) groups is 1. The summed E-state index contributed by atoms with van der Waals surface area (Å²) in [4.78, 5) is 6.79. The first-order valence-electron chi connectivity index (χ1n) is 6.91. The quantitative estimate of drug-likeness (QED) is 0.687. The van der Waals surface area contributed by atoms with Crippen LogP contribution in [0.25, 0.3) is 0 Å². The Balaban J connectivity index is 2.00. The Morgan fingerprint density at radius 3 is 2.82 bits per heavy atom. The lowest BCUT2D eigenvalue weighted by atomic mass is 9.82. The van der Waals surface area contributed by atoms with Gasteiger partial charge in [-0.15, -0.1) is 0 Å². The van der Waals surface area contributed by atoms with Gasteiger partial charge in [-0.05, 0) is 32.2 Å². The van der Waals surface area contributed by atoms with Crippen molar-refractivity contribution in [3.63, 3.8) is 0 Å². The minimum atomic E-state index is 0.255. The molecule has 3 nitrogen and oxygen atoms in total. The molecule has 2 rings (SSSR count). The van der Waals surface area contributed by atoms with E-state index in [4.69, 9.17) is 5.26 Å². The topological polar surface area (TPSA) is 39.4 Å². The number of nitrogens with zero attached hydrogens (tertiary/aromatic N) is 3. The Morgan fingerprint density at radius 2 is 2.06 bits per heavy atom. The van der Waals surface area contributed by atoms with E-state index in [0.717, 1.165) is 13.0 Å². The number of piperidine rings is 1. The van der Waals surface area contributed by atoms with Crippen LogP contribution in [0.15, 0.2) is 4.99 Å². The molecule has 0 aromatic heterocycles. The lowest BCUT2D eigenvalue weighted by Gasteiger charge is -2.41. The summed E-state index contributed by atoms with van der Waals surface area (Å²) >= 11 is 0. The molecule has 0 radical (unpaired) electrons. The van der Waals surface area contributed by atoms with Gasteiger partial charge in [-0.25, -0.2) is 0 Å². The highest BCUT2D eigenvalue weighted by Gasteiger charge is 2.32. The van der Waals surface area contributed by atoms with Crippen molar-refractivity contribution < 1.29 is 0 Å². The third-order valence-electron chi connectivity index (χ3n) is 4.23. The van der Waals surface area contributed by atoms with Gasteiger partial charge in [0.2, 0.25) is 0 Å². The molecular formula is C14H23N3. The van der Waals surface area contributed by atoms with Gasteiger partial charge in [0.1, 0.15) is 0 Å². The molecule has 1 heterocycles. The molecule has 94 valence electrons. The van der Waals surface area contributed by atoms with Gasteiger partial charge in [0.05, 0.1) is 12.0 Å². The minimum Gasteiger partial charge on any atom is -0.301 e. The molecule has 1 aliphatic heterocycles. The highest BCUT2D eigenvalue weighted by atomic mass is 15.2. The highest BCUT2D eigenvalue weighted by molar-refractivity contribution is 5.61. The van der Waals surface area contributed by atoms with Crippen LogP contribution in [0.4, 0.5) is 0 Å². The Hall–Kier alpha value is -0.880. The van der Waals surface area contributed by atoms with E-state index in [1.807, 2.05) is 7.05 Å². The van der Waals surface area contributed by atoms with Gasteiger partial charge in [0, 0.05) is 31.8 Å². The smallest absolute Gasteiger partial charge is 0.0669 e. The second kappa shape index (κ2) is 6.16. The van der Waals surface area contributed by atoms with Crippen LogP contribution < -0.4 is 0 Å². The summed E-state index contributed by atoms with van der Waals surface area (Å²) in [6.45, 7) is 2.16. The molecule has 17 heavy (non-hydrogen) atoms. The summed E-state index contributed by atoms with van der Waals surface area (Å²) in [7, 11) is 1.87. The third kappa shape index (κ3) is 3.07. The molecule has 1 saturated heterocycles. The maximum atomic E-state index is 9.07. The molecule has 2 fully saturated rings. The molecule has 0 bridgehead atoms. The van der Waals surface area contributed by atoms with E-state index < -0.39 is 0 Å². The van der Waals surface area contributed by atoms with E-state index in [2.05, 4.69) is 22.2 Å². The van der Waals surface area contributed by atoms with Crippen molar-refractivity contribution >= 4 is 6.21 Å². The predicted octanol–water partition coefficient (Wildman–Crippen LogP) is 2.48. The zero-order valence-electron chi connectivity index (χ0n) is 10.8. The summed E-state index contributed by atoms with van der Waals surface area (Å²) in [6, 6.07) is 3.09. The maximum Gasteiger partial charge on any atom is 0.0669 e. The lowest BCUT2D eigenvalue weighted by molar-refractivity contribution is 0.0957. The van der Waals surface area contributed by atoms with Crippen molar-refractivity contribution in [2.45, 2.75) is 44.6 Å². The Kier molecular flexibility index (Phi) is 4.56. The highest BCUT2D eigenvalue weighted by Crippen LogP contribution is 2.30. The van der Waals surface area contributed by atoms with Crippen molar-refractivity contribution in [3.05, 3.63) is 0 Å². The van der Waals surface area contributed by atoms with Crippen LogP contribution in [0, 0.1) is 23.2 Å². The van der Waals surface area contributed by atoms with Crippen LogP contribution in [-0.2, 0) is 0 Å². The average molecular weight is 233 g/mol. The first-order valence-corrected chi connectivity index (χ1v) is 6.91. The molecule has 1 aliphatic carbocycles. The summed E-state index contributed by atoms with van der Waals surface area (Å²) in [6.07, 6.45) is 9.65. The van der Waals surface area contributed by atoms with Gasteiger partial charge in [-0.1, -0.05) is 12.8 Å². The number of nitriles is 1. The molecule has 3 heteroatoms. The molecule has 3 atom stereocenters. The molecule has 2 aliphatic rings. The fraction of sp³-hybridized carbons (Fsp3) is 0.857. The molecule has 0 aromatic carbocycles. The molecule has 0 spiro atoms. The van der Waals surface area contributed by atoms with E-state index in [0.29, 0.717) is 12.0 Å². The van der Waals surface area contributed by atoms with Crippen molar-refractivity contribution in [1.82, 2.24) is 4.90 Å². The van der Waals surface area contributed by atoms with Crippen LogP contribution >= 0.6 is 0 Å². The average Bonchev–Trinajstić information content (AvgIpc) is 2.40. The third-order valence-corrected chi connectivity index (χ3v) is 4.23. The Bertz CT molecular complexity index is 305. The molecular weight excluding hydrogens is 210 g/mol. The van der Waals surface area contributed by atoms with Gasteiger partial charge in [0.25, 0.3) is 0 Å². The zero-order valence-corrected chi connectivity index (χ0v) is 10.8. The largest absolute Gasteiger partial charge is 0.301 e. The monoisotopic (exact) mass is 233 g/mol. The number of hydrogen-bond acceptors (Lipinski definition) is 3. The second-order valence-corrected chi connectivity index (χ2v) is 5.39. The van der Waals surface area contributed by atoms with E-state index in [9.17, 15) is 0 Å². The van der Waals surface area contributed by atoms with Crippen molar-refractivity contribution in [1.29, 1.82) is 5.26 Å². The molecule has 1 saturated carbocycles. The van der Waals surface area contributed by atoms with E-state index in [1.165, 1.54) is 38.6 Å². The number of likely N-dealkylation sites (tertiary alicyclic amines) is 1. The van der Waals surface area contributed by atoms with Gasteiger partial charge < -0.3 is 4.99 Å². The van der Waals surface area contributed by atoms with Gasteiger partial charge >= 0.3 is 0 Å². The standard InChI is InChI=1S/C14H23N3/c1-16-10-13-6-2-3-7-14(13)17-8-4-5-12(9-15)11-17/h10,12-14H,2-8,11H2,1H3/t12-,13?,14-/m0/s1. The van der Waals surface area contributed by atoms with Crippen LogP contribution in [0.1, 0.15) is 38.5 Å². The molecule has 0 N–H and O–H groups in total. The summed E-state index contributed by atoms with van der Waals surface area (Å²) in [5, 5.41) is 9.07. The second-order valence-electron chi connectivity index (χ2n) is 5.39. The molecule has 0 aromatic rings. The Labute approximate surface area is 105 Å². The first-order chi connectivity index (χ1) is 8.35. The fourth-order valence-electron chi connectivity index (χ4n) is 3.37. The first kappa shape index (κ1) is 12.6. The van der Waals surface area contributed by atoms with Gasteiger partial charge in [-0.3, -0.25) is 4.90 Å². The van der Waals surface area contributed by atoms with Crippen molar-refractivity contribution in [2.75, 3.05) is 20.1 Å². The maximum absolute atomic E-state index is 9.07. The Morgan fingerprint density at radius 1 is 1.24 bits per heavy atom. The zero-order chi connectivity index (χ0) is 12.1. The van der Waals surface area contributed by atoms with Gasteiger partial charge in [0.15, 0.2) is 0 Å². The van der Waals surface area contributed by atoms with Crippen LogP contribution in [0.2, 0.25) is 0 Å². The van der Waals surface area contributed by atoms with Gasteiger partial charge in [-0.2, -0.15) is 5.26 Å². The fourth-order valence-corrected chi connectivity index (χ4v) is 3.37. The minimum absolute atomic E-state index is 0.255. The predicted molar refractivity (Wildman–Crippen MR) is 70.1 cm³/mol. The lowest BCUT2D eigenvalue weighted by Crippen LogP contribution is -2.47.